The number of thiophene rings is 1. The number of ether oxygens (including phenoxy) is 2. The van der Waals surface area contributed by atoms with Gasteiger partial charge in [-0.25, -0.2) is 4.79 Å². The molecule has 184 valence electrons. The molecular formula is C24H21BrCl2N2O4S2. The third-order valence-electron chi connectivity index (χ3n) is 4.61. The first-order valence-corrected chi connectivity index (χ1v) is 13.4. The van der Waals surface area contributed by atoms with Crippen LogP contribution in [-0.2, 0) is 9.53 Å². The van der Waals surface area contributed by atoms with Gasteiger partial charge in [0.05, 0.1) is 18.2 Å². The standard InChI is InChI=1S/C24H21BrCl2N2O4S2/c1-2-32-23(31)21-17(14-5-7-15(25)8-6-14)13-35-22(21)29-24(34)28-20(30)4-3-11-33-19-10-9-16(26)12-18(19)27/h5-10,12-13H,2-4,11H2,1H3,(H2,28,29,30,34). The Labute approximate surface area is 231 Å². The Kier molecular flexibility index (Phi) is 10.4. The van der Waals surface area contributed by atoms with Gasteiger partial charge < -0.3 is 20.1 Å². The Morgan fingerprint density at radius 3 is 2.57 bits per heavy atom. The summed E-state index contributed by atoms with van der Waals surface area (Å²) in [5, 5.41) is 8.94. The molecule has 0 fully saturated rings. The first kappa shape index (κ1) is 27.4. The highest BCUT2D eigenvalue weighted by Crippen LogP contribution is 2.36. The number of amides is 1. The first-order valence-electron chi connectivity index (χ1n) is 10.5. The van der Waals surface area contributed by atoms with Gasteiger partial charge in [-0.05, 0) is 61.5 Å². The van der Waals surface area contributed by atoms with E-state index in [0.717, 1.165) is 15.6 Å². The second-order valence-corrected chi connectivity index (χ2v) is 10.2. The summed E-state index contributed by atoms with van der Waals surface area (Å²) >= 11 is 22.0. The number of carbonyl (C=O) groups is 2. The van der Waals surface area contributed by atoms with Crippen molar-refractivity contribution in [3.63, 3.8) is 0 Å². The molecule has 0 saturated carbocycles. The summed E-state index contributed by atoms with van der Waals surface area (Å²) in [6.07, 6.45) is 0.639. The van der Waals surface area contributed by atoms with E-state index in [2.05, 4.69) is 26.6 Å². The van der Waals surface area contributed by atoms with Crippen molar-refractivity contribution in [1.29, 1.82) is 0 Å². The highest BCUT2D eigenvalue weighted by atomic mass is 79.9. The molecule has 1 heterocycles. The molecule has 0 radical (unpaired) electrons. The van der Waals surface area contributed by atoms with Crippen LogP contribution in [0.25, 0.3) is 11.1 Å². The van der Waals surface area contributed by atoms with Crippen molar-refractivity contribution in [2.24, 2.45) is 0 Å². The largest absolute Gasteiger partial charge is 0.492 e. The van der Waals surface area contributed by atoms with Crippen molar-refractivity contribution >= 4 is 84.7 Å². The van der Waals surface area contributed by atoms with E-state index in [0.29, 0.717) is 39.4 Å². The second-order valence-electron chi connectivity index (χ2n) is 7.11. The van der Waals surface area contributed by atoms with Gasteiger partial charge in [0.25, 0.3) is 0 Å². The molecule has 1 amide bonds. The molecule has 0 spiro atoms. The van der Waals surface area contributed by atoms with Gasteiger partial charge in [0.15, 0.2) is 5.11 Å². The molecule has 0 unspecified atom stereocenters. The third kappa shape index (κ3) is 7.91. The highest BCUT2D eigenvalue weighted by Gasteiger charge is 2.22. The van der Waals surface area contributed by atoms with Crippen LogP contribution in [0.5, 0.6) is 5.75 Å². The van der Waals surface area contributed by atoms with E-state index in [1.807, 2.05) is 29.6 Å². The van der Waals surface area contributed by atoms with E-state index in [1.165, 1.54) is 11.3 Å². The van der Waals surface area contributed by atoms with E-state index in [1.54, 1.807) is 25.1 Å². The van der Waals surface area contributed by atoms with Crippen molar-refractivity contribution in [3.05, 3.63) is 67.9 Å². The van der Waals surface area contributed by atoms with Crippen molar-refractivity contribution in [2.45, 2.75) is 19.8 Å². The van der Waals surface area contributed by atoms with Crippen molar-refractivity contribution in [2.75, 3.05) is 18.5 Å². The number of hydrogen-bond donors (Lipinski definition) is 2. The number of esters is 1. The number of thiocarbonyl (C=S) groups is 1. The number of hydrogen-bond acceptors (Lipinski definition) is 6. The van der Waals surface area contributed by atoms with Crippen molar-refractivity contribution < 1.29 is 19.1 Å². The Balaban J connectivity index is 1.58. The SMILES string of the molecule is CCOC(=O)c1c(-c2ccc(Br)cc2)csc1NC(=S)NC(=O)CCCOc1ccc(Cl)cc1Cl. The molecule has 11 heteroatoms. The molecule has 0 saturated heterocycles. The summed E-state index contributed by atoms with van der Waals surface area (Å²) in [6.45, 7) is 2.27. The molecule has 35 heavy (non-hydrogen) atoms. The fourth-order valence-electron chi connectivity index (χ4n) is 3.03. The normalized spacial score (nSPS) is 10.5. The zero-order chi connectivity index (χ0) is 25.4. The molecule has 0 aliphatic heterocycles. The van der Waals surface area contributed by atoms with Crippen LogP contribution in [0.15, 0.2) is 52.3 Å². The van der Waals surface area contributed by atoms with Crippen LogP contribution in [0.3, 0.4) is 0 Å². The van der Waals surface area contributed by atoms with Crippen LogP contribution >= 0.6 is 62.7 Å². The maximum absolute atomic E-state index is 12.7. The molecule has 0 aliphatic carbocycles. The predicted octanol–water partition coefficient (Wildman–Crippen LogP) is 7.33. The minimum Gasteiger partial charge on any atom is -0.492 e. The minimum absolute atomic E-state index is 0.0893. The summed E-state index contributed by atoms with van der Waals surface area (Å²) in [5.41, 5.74) is 1.94. The predicted molar refractivity (Wildman–Crippen MR) is 149 cm³/mol. The highest BCUT2D eigenvalue weighted by molar-refractivity contribution is 9.10. The fourth-order valence-corrected chi connectivity index (χ4v) is 5.00. The number of nitrogens with one attached hydrogen (secondary N) is 2. The van der Waals surface area contributed by atoms with E-state index >= 15 is 0 Å². The van der Waals surface area contributed by atoms with E-state index in [-0.39, 0.29) is 24.0 Å². The third-order valence-corrected chi connectivity index (χ3v) is 6.76. The smallest absolute Gasteiger partial charge is 0.341 e. The summed E-state index contributed by atoms with van der Waals surface area (Å²) in [6, 6.07) is 12.5. The molecule has 2 aromatic carbocycles. The molecule has 6 nitrogen and oxygen atoms in total. The van der Waals surface area contributed by atoms with Gasteiger partial charge in [0, 0.05) is 26.9 Å². The molecule has 0 bridgehead atoms. The monoisotopic (exact) mass is 614 g/mol. The second kappa shape index (κ2) is 13.2. The van der Waals surface area contributed by atoms with E-state index < -0.39 is 5.97 Å². The number of carbonyl (C=O) groups excluding carboxylic acids is 2. The topological polar surface area (TPSA) is 76.7 Å². The number of anilines is 1. The van der Waals surface area contributed by atoms with Crippen LogP contribution in [0.2, 0.25) is 10.0 Å². The summed E-state index contributed by atoms with van der Waals surface area (Å²) in [7, 11) is 0. The van der Waals surface area contributed by atoms with Crippen LogP contribution in [0, 0.1) is 0 Å². The lowest BCUT2D eigenvalue weighted by Crippen LogP contribution is -2.34. The first-order chi connectivity index (χ1) is 16.8. The van der Waals surface area contributed by atoms with Gasteiger partial charge in [0.1, 0.15) is 16.3 Å². The Bertz CT molecular complexity index is 1220. The zero-order valence-corrected chi connectivity index (χ0v) is 23.3. The average molecular weight is 616 g/mol. The van der Waals surface area contributed by atoms with Crippen LogP contribution < -0.4 is 15.4 Å². The molecule has 3 aromatic rings. The molecule has 0 atom stereocenters. The van der Waals surface area contributed by atoms with Crippen LogP contribution in [0.4, 0.5) is 5.00 Å². The fraction of sp³-hybridized carbons (Fsp3) is 0.208. The summed E-state index contributed by atoms with van der Waals surface area (Å²) in [5.74, 6) is -0.253. The van der Waals surface area contributed by atoms with Crippen LogP contribution in [0.1, 0.15) is 30.1 Å². The summed E-state index contributed by atoms with van der Waals surface area (Å²) < 4.78 is 11.8. The molecule has 2 N–H and O–H groups in total. The lowest BCUT2D eigenvalue weighted by Gasteiger charge is -2.12. The average Bonchev–Trinajstić information content (AvgIpc) is 3.21. The van der Waals surface area contributed by atoms with E-state index in [9.17, 15) is 9.59 Å². The summed E-state index contributed by atoms with van der Waals surface area (Å²) in [4.78, 5) is 25.0. The van der Waals surface area contributed by atoms with Crippen LogP contribution in [-0.4, -0.2) is 30.2 Å². The molecular weight excluding hydrogens is 595 g/mol. The Hall–Kier alpha value is -2.17. The van der Waals surface area contributed by atoms with Gasteiger partial charge in [-0.1, -0.05) is 51.3 Å². The molecule has 1 aromatic heterocycles. The number of halogens is 3. The quantitative estimate of drug-likeness (QED) is 0.149. The maximum atomic E-state index is 12.7. The van der Waals surface area contributed by atoms with Crippen molar-refractivity contribution in [3.8, 4) is 16.9 Å². The number of benzene rings is 2. The van der Waals surface area contributed by atoms with Gasteiger partial charge in [0.2, 0.25) is 5.91 Å². The molecule has 3 rings (SSSR count). The lowest BCUT2D eigenvalue weighted by molar-refractivity contribution is -0.119. The van der Waals surface area contributed by atoms with Gasteiger partial charge in [-0.2, -0.15) is 0 Å². The Morgan fingerprint density at radius 2 is 1.89 bits per heavy atom. The Morgan fingerprint density at radius 1 is 1.14 bits per heavy atom. The van der Waals surface area contributed by atoms with Gasteiger partial charge in [-0.3, -0.25) is 4.79 Å². The maximum Gasteiger partial charge on any atom is 0.341 e. The van der Waals surface area contributed by atoms with Gasteiger partial charge in [-0.15, -0.1) is 11.3 Å². The zero-order valence-electron chi connectivity index (χ0n) is 18.5. The molecule has 0 aliphatic rings. The van der Waals surface area contributed by atoms with E-state index in [4.69, 9.17) is 44.9 Å². The minimum atomic E-state index is -0.471. The number of rotatable bonds is 9. The van der Waals surface area contributed by atoms with Gasteiger partial charge >= 0.3 is 5.97 Å². The lowest BCUT2D eigenvalue weighted by atomic mass is 10.0. The van der Waals surface area contributed by atoms with Crippen molar-refractivity contribution in [1.82, 2.24) is 5.32 Å².